The predicted molar refractivity (Wildman–Crippen MR) is 78.3 cm³/mol. The first-order chi connectivity index (χ1) is 9.78. The lowest BCUT2D eigenvalue weighted by atomic mass is 10.2. The summed E-state index contributed by atoms with van der Waals surface area (Å²) in [4.78, 5) is 11.9. The molecule has 1 aliphatic heterocycles. The van der Waals surface area contributed by atoms with Crippen molar-refractivity contribution in [3.63, 3.8) is 0 Å². The smallest absolute Gasteiger partial charge is 0.196 e. The van der Waals surface area contributed by atoms with E-state index in [0.717, 1.165) is 40.7 Å². The summed E-state index contributed by atoms with van der Waals surface area (Å²) in [5.74, 6) is 1.10. The van der Waals surface area contributed by atoms with Gasteiger partial charge >= 0.3 is 0 Å². The largest absolute Gasteiger partial charge is 0.306 e. The average molecular weight is 287 g/mol. The molecule has 0 unspecified atom stereocenters. The van der Waals surface area contributed by atoms with Gasteiger partial charge < -0.3 is 4.57 Å². The number of nitrogens with zero attached hydrogens (tertiary/aromatic N) is 3. The molecule has 0 radical (unpaired) electrons. The van der Waals surface area contributed by atoms with E-state index in [-0.39, 0.29) is 0 Å². The second-order valence-corrected chi connectivity index (χ2v) is 6.12. The van der Waals surface area contributed by atoms with Crippen LogP contribution in [0.15, 0.2) is 28.3 Å². The predicted octanol–water partition coefficient (Wildman–Crippen LogP) is 3.28. The minimum atomic E-state index is 0.715. The van der Waals surface area contributed by atoms with Crippen LogP contribution in [0.5, 0.6) is 0 Å². The Hall–Kier alpha value is -1.62. The molecule has 0 amide bonds. The molecule has 0 saturated carbocycles. The van der Waals surface area contributed by atoms with Crippen molar-refractivity contribution in [2.45, 2.75) is 49.2 Å². The van der Waals surface area contributed by atoms with Crippen LogP contribution in [0.1, 0.15) is 41.0 Å². The van der Waals surface area contributed by atoms with Gasteiger partial charge in [-0.15, -0.1) is 10.2 Å². The highest BCUT2D eigenvalue weighted by atomic mass is 32.2. The van der Waals surface area contributed by atoms with Gasteiger partial charge in [0.15, 0.2) is 5.16 Å². The summed E-state index contributed by atoms with van der Waals surface area (Å²) in [6, 6.07) is 5.75. The number of carbonyl (C=O) groups excluding carboxylic acids is 1. The Kier molecular flexibility index (Phi) is 3.87. The van der Waals surface area contributed by atoms with Crippen molar-refractivity contribution in [2.24, 2.45) is 0 Å². The van der Waals surface area contributed by atoms with E-state index in [2.05, 4.69) is 14.8 Å². The van der Waals surface area contributed by atoms with Crippen LogP contribution in [0.3, 0.4) is 0 Å². The van der Waals surface area contributed by atoms with Crippen LogP contribution in [0, 0.1) is 6.92 Å². The van der Waals surface area contributed by atoms with Gasteiger partial charge in [0.25, 0.3) is 0 Å². The van der Waals surface area contributed by atoms with E-state index >= 15 is 0 Å². The topological polar surface area (TPSA) is 47.8 Å². The highest BCUT2D eigenvalue weighted by Crippen LogP contribution is 2.31. The zero-order valence-corrected chi connectivity index (χ0v) is 12.3. The quantitative estimate of drug-likeness (QED) is 0.813. The fraction of sp³-hybridized carbons (Fsp3) is 0.400. The van der Waals surface area contributed by atoms with Crippen LogP contribution < -0.4 is 0 Å². The van der Waals surface area contributed by atoms with Crippen molar-refractivity contribution in [1.29, 1.82) is 0 Å². The van der Waals surface area contributed by atoms with Gasteiger partial charge in [0.2, 0.25) is 0 Å². The van der Waals surface area contributed by atoms with Crippen molar-refractivity contribution in [1.82, 2.24) is 14.8 Å². The van der Waals surface area contributed by atoms with Crippen molar-refractivity contribution >= 4 is 18.0 Å². The summed E-state index contributed by atoms with van der Waals surface area (Å²) >= 11 is 1.64. The maximum Gasteiger partial charge on any atom is 0.196 e. The standard InChI is InChI=1S/C15H17N3OS/c1-11-9-12(10-19)6-7-13(11)20-15-17-16-14-5-3-2-4-8-18(14)15/h6-7,9-10H,2-5,8H2,1H3. The Balaban J connectivity index is 1.88. The van der Waals surface area contributed by atoms with Crippen LogP contribution >= 0.6 is 11.8 Å². The van der Waals surface area contributed by atoms with Gasteiger partial charge in [-0.05, 0) is 49.2 Å². The molecule has 0 N–H and O–H groups in total. The van der Waals surface area contributed by atoms with E-state index in [4.69, 9.17) is 0 Å². The molecule has 20 heavy (non-hydrogen) atoms. The van der Waals surface area contributed by atoms with Crippen molar-refractivity contribution in [3.05, 3.63) is 35.2 Å². The SMILES string of the molecule is Cc1cc(C=O)ccc1Sc1nnc2n1CCCCC2. The third kappa shape index (κ3) is 2.63. The van der Waals surface area contributed by atoms with Gasteiger partial charge in [-0.2, -0.15) is 0 Å². The highest BCUT2D eigenvalue weighted by molar-refractivity contribution is 7.99. The van der Waals surface area contributed by atoms with Gasteiger partial charge in [0.05, 0.1) is 0 Å². The molecule has 0 bridgehead atoms. The fourth-order valence-corrected chi connectivity index (χ4v) is 3.43. The number of hydrogen-bond donors (Lipinski definition) is 0. The molecule has 104 valence electrons. The number of carbonyl (C=O) groups is 1. The molecule has 4 nitrogen and oxygen atoms in total. The monoisotopic (exact) mass is 287 g/mol. The molecule has 1 aromatic carbocycles. The van der Waals surface area contributed by atoms with Gasteiger partial charge in [0, 0.05) is 23.4 Å². The fourth-order valence-electron chi connectivity index (χ4n) is 2.49. The van der Waals surface area contributed by atoms with E-state index in [1.807, 2.05) is 25.1 Å². The molecule has 1 aromatic heterocycles. The van der Waals surface area contributed by atoms with E-state index in [1.54, 1.807) is 11.8 Å². The number of aryl methyl sites for hydroxylation is 2. The maximum atomic E-state index is 10.8. The van der Waals surface area contributed by atoms with Crippen LogP contribution in [0.25, 0.3) is 0 Å². The highest BCUT2D eigenvalue weighted by Gasteiger charge is 2.16. The lowest BCUT2D eigenvalue weighted by molar-refractivity contribution is 0.112. The van der Waals surface area contributed by atoms with Gasteiger partial charge in [-0.3, -0.25) is 4.79 Å². The second kappa shape index (κ2) is 5.79. The number of rotatable bonds is 3. The summed E-state index contributed by atoms with van der Waals surface area (Å²) in [5.41, 5.74) is 1.82. The number of benzene rings is 1. The molecule has 0 spiro atoms. The van der Waals surface area contributed by atoms with Crippen LogP contribution in [-0.4, -0.2) is 21.1 Å². The molecule has 2 heterocycles. The molecular weight excluding hydrogens is 270 g/mol. The molecule has 0 saturated heterocycles. The van der Waals surface area contributed by atoms with Crippen LogP contribution in [-0.2, 0) is 13.0 Å². The lowest BCUT2D eigenvalue weighted by Gasteiger charge is -2.08. The van der Waals surface area contributed by atoms with Crippen LogP contribution in [0.4, 0.5) is 0 Å². The van der Waals surface area contributed by atoms with Crippen LogP contribution in [0.2, 0.25) is 0 Å². The Morgan fingerprint density at radius 2 is 2.15 bits per heavy atom. The van der Waals surface area contributed by atoms with E-state index < -0.39 is 0 Å². The van der Waals surface area contributed by atoms with Crippen molar-refractivity contribution in [3.8, 4) is 0 Å². The minimum absolute atomic E-state index is 0.715. The van der Waals surface area contributed by atoms with E-state index in [0.29, 0.717) is 5.56 Å². The molecule has 3 rings (SSSR count). The summed E-state index contributed by atoms with van der Waals surface area (Å²) in [7, 11) is 0. The van der Waals surface area contributed by atoms with Gasteiger partial charge in [0.1, 0.15) is 12.1 Å². The van der Waals surface area contributed by atoms with E-state index in [1.165, 1.54) is 19.3 Å². The molecule has 0 fully saturated rings. The summed E-state index contributed by atoms with van der Waals surface area (Å²) in [6.45, 7) is 3.03. The maximum absolute atomic E-state index is 10.8. The number of aromatic nitrogens is 3. The first-order valence-corrected chi connectivity index (χ1v) is 7.75. The zero-order valence-electron chi connectivity index (χ0n) is 11.5. The molecule has 2 aromatic rings. The third-order valence-corrected chi connectivity index (χ3v) is 4.77. The molecule has 1 aliphatic rings. The van der Waals surface area contributed by atoms with Gasteiger partial charge in [-0.1, -0.05) is 12.5 Å². The first kappa shape index (κ1) is 13.4. The molecular formula is C15H17N3OS. The molecule has 0 atom stereocenters. The second-order valence-electron chi connectivity index (χ2n) is 5.11. The lowest BCUT2D eigenvalue weighted by Crippen LogP contribution is -2.02. The van der Waals surface area contributed by atoms with E-state index in [9.17, 15) is 4.79 Å². The zero-order chi connectivity index (χ0) is 13.9. The van der Waals surface area contributed by atoms with Crippen molar-refractivity contribution in [2.75, 3.05) is 0 Å². The van der Waals surface area contributed by atoms with Crippen molar-refractivity contribution < 1.29 is 4.79 Å². The normalized spacial score (nSPS) is 14.7. The Morgan fingerprint density at radius 3 is 2.95 bits per heavy atom. The average Bonchev–Trinajstić information content (AvgIpc) is 2.69. The Morgan fingerprint density at radius 1 is 1.25 bits per heavy atom. The summed E-state index contributed by atoms with van der Waals surface area (Å²) in [6.07, 6.45) is 5.57. The number of fused-ring (bicyclic) bond motifs is 1. The summed E-state index contributed by atoms with van der Waals surface area (Å²) < 4.78 is 2.24. The minimum Gasteiger partial charge on any atom is -0.306 e. The molecule has 0 aliphatic carbocycles. The Labute approximate surface area is 122 Å². The summed E-state index contributed by atoms with van der Waals surface area (Å²) in [5, 5.41) is 9.60. The number of aldehydes is 1. The van der Waals surface area contributed by atoms with Gasteiger partial charge in [-0.25, -0.2) is 0 Å². The Bertz CT molecular complexity index is 636. The number of hydrogen-bond acceptors (Lipinski definition) is 4. The third-order valence-electron chi connectivity index (χ3n) is 3.61. The first-order valence-electron chi connectivity index (χ1n) is 6.93. The molecule has 5 heteroatoms.